The lowest BCUT2D eigenvalue weighted by atomic mass is 10.0. The summed E-state index contributed by atoms with van der Waals surface area (Å²) in [5.74, 6) is 1.03. The fourth-order valence-corrected chi connectivity index (χ4v) is 6.17. The second-order valence-electron chi connectivity index (χ2n) is 11.5. The standard InChI is InChI=1S/C45H30N4/c1-4-14-31(15-5-1)33-24-26-35(27-25-33)44-46-43(34-18-8-3-9-19-34)47-45(48-44)39-30-36(32-16-6-2-7-17-32)28-29-42(39)49-40-22-12-10-20-37(40)38-21-11-13-23-41(38)49/h1-30H/i10D,11D,12D,13D,20D,21D,22D,23D. The first-order chi connectivity index (χ1) is 27.6. The van der Waals surface area contributed by atoms with Crippen molar-refractivity contribution in [1.29, 1.82) is 0 Å². The van der Waals surface area contributed by atoms with Crippen LogP contribution >= 0.6 is 0 Å². The van der Waals surface area contributed by atoms with Crippen LogP contribution in [0.4, 0.5) is 0 Å². The van der Waals surface area contributed by atoms with Gasteiger partial charge in [-0.2, -0.15) is 0 Å². The molecule has 0 radical (unpaired) electrons. The Labute approximate surface area is 295 Å². The zero-order valence-corrected chi connectivity index (χ0v) is 26.0. The summed E-state index contributed by atoms with van der Waals surface area (Å²) in [6.07, 6.45) is 0. The molecule has 0 aliphatic rings. The molecule has 0 atom stereocenters. The second-order valence-corrected chi connectivity index (χ2v) is 11.5. The summed E-state index contributed by atoms with van der Waals surface area (Å²) in [6, 6.07) is 39.1. The van der Waals surface area contributed by atoms with Crippen LogP contribution in [0.5, 0.6) is 0 Å². The zero-order chi connectivity index (χ0) is 39.5. The van der Waals surface area contributed by atoms with E-state index in [-0.39, 0.29) is 27.6 Å². The SMILES string of the molecule is [2H]c1c([2H])c([2H])c2c(c1[2H])c1c([2H])c([2H])c([2H])c([2H])c1n2-c1ccc(-c2ccccc2)cc1-c1nc(-c2ccccc2)nc(-c2ccc(-c3ccccc3)cc2)n1. The summed E-state index contributed by atoms with van der Waals surface area (Å²) in [7, 11) is 0. The Morgan fingerprint density at radius 1 is 0.388 bits per heavy atom. The van der Waals surface area contributed by atoms with E-state index in [2.05, 4.69) is 0 Å². The van der Waals surface area contributed by atoms with Crippen LogP contribution in [0, 0.1) is 0 Å². The first-order valence-electron chi connectivity index (χ1n) is 19.8. The average molecular weight is 635 g/mol. The molecule has 4 heteroatoms. The summed E-state index contributed by atoms with van der Waals surface area (Å²) in [4.78, 5) is 15.0. The molecule has 0 spiro atoms. The zero-order valence-electron chi connectivity index (χ0n) is 34.0. The highest BCUT2D eigenvalue weighted by atomic mass is 15.1. The van der Waals surface area contributed by atoms with Crippen molar-refractivity contribution in [1.82, 2.24) is 19.5 Å². The molecule has 230 valence electrons. The maximum absolute atomic E-state index is 9.15. The topological polar surface area (TPSA) is 43.6 Å². The molecule has 0 N–H and O–H groups in total. The molecule has 0 saturated heterocycles. The first kappa shape index (κ1) is 21.3. The summed E-state index contributed by atoms with van der Waals surface area (Å²) in [5.41, 5.74) is 6.05. The van der Waals surface area contributed by atoms with Crippen LogP contribution in [-0.4, -0.2) is 19.5 Å². The van der Waals surface area contributed by atoms with E-state index >= 15 is 0 Å². The van der Waals surface area contributed by atoms with Gasteiger partial charge in [-0.1, -0.05) is 158 Å². The van der Waals surface area contributed by atoms with Crippen LogP contribution in [0.15, 0.2) is 182 Å². The summed E-state index contributed by atoms with van der Waals surface area (Å²) < 4.78 is 72.1. The first-order valence-corrected chi connectivity index (χ1v) is 15.8. The lowest BCUT2D eigenvalue weighted by molar-refractivity contribution is 1.06. The van der Waals surface area contributed by atoms with Crippen LogP contribution in [0.3, 0.4) is 0 Å². The van der Waals surface area contributed by atoms with Gasteiger partial charge in [-0.3, -0.25) is 0 Å². The van der Waals surface area contributed by atoms with Gasteiger partial charge in [-0.05, 0) is 46.5 Å². The summed E-state index contributed by atoms with van der Waals surface area (Å²) in [6.45, 7) is 0. The minimum absolute atomic E-state index is 0.00535. The molecule has 0 unspecified atom stereocenters. The lowest BCUT2D eigenvalue weighted by Gasteiger charge is -2.16. The number of aromatic nitrogens is 4. The summed E-state index contributed by atoms with van der Waals surface area (Å²) in [5, 5.41) is -0.0261. The van der Waals surface area contributed by atoms with E-state index in [1.165, 1.54) is 4.57 Å². The Morgan fingerprint density at radius 2 is 0.796 bits per heavy atom. The predicted octanol–water partition coefficient (Wildman–Crippen LogP) is 11.3. The van der Waals surface area contributed by atoms with Gasteiger partial charge in [0, 0.05) is 27.5 Å². The Morgan fingerprint density at radius 3 is 1.37 bits per heavy atom. The van der Waals surface area contributed by atoms with Gasteiger partial charge in [0.1, 0.15) is 0 Å². The van der Waals surface area contributed by atoms with Gasteiger partial charge in [0.2, 0.25) is 0 Å². The molecule has 0 aliphatic heterocycles. The third-order valence-electron chi connectivity index (χ3n) is 8.54. The number of benzene rings is 7. The van der Waals surface area contributed by atoms with Crippen molar-refractivity contribution < 1.29 is 11.0 Å². The maximum Gasteiger partial charge on any atom is 0.166 e. The molecule has 0 aliphatic carbocycles. The van der Waals surface area contributed by atoms with Gasteiger partial charge in [-0.25, -0.2) is 15.0 Å². The predicted molar refractivity (Wildman–Crippen MR) is 201 cm³/mol. The van der Waals surface area contributed by atoms with Crippen molar-refractivity contribution in [2.24, 2.45) is 0 Å². The Balaban J connectivity index is 1.39. The number of nitrogens with zero attached hydrogens (tertiary/aromatic N) is 4. The van der Waals surface area contributed by atoms with Gasteiger partial charge >= 0.3 is 0 Å². The minimum atomic E-state index is -0.508. The van der Waals surface area contributed by atoms with Crippen LogP contribution < -0.4 is 0 Å². The second kappa shape index (κ2) is 12.2. The number of rotatable bonds is 6. The smallest absolute Gasteiger partial charge is 0.166 e. The maximum atomic E-state index is 9.15. The number of para-hydroxylation sites is 2. The van der Waals surface area contributed by atoms with Gasteiger partial charge in [-0.15, -0.1) is 0 Å². The number of hydrogen-bond acceptors (Lipinski definition) is 3. The van der Waals surface area contributed by atoms with E-state index in [4.69, 9.17) is 25.9 Å². The normalized spacial score (nSPS) is 13.6. The molecular formula is C45H30N4. The fourth-order valence-electron chi connectivity index (χ4n) is 6.17. The van der Waals surface area contributed by atoms with Gasteiger partial charge in [0.05, 0.1) is 27.7 Å². The van der Waals surface area contributed by atoms with Crippen molar-refractivity contribution in [3.8, 4) is 62.1 Å². The highest BCUT2D eigenvalue weighted by molar-refractivity contribution is 6.09. The van der Waals surface area contributed by atoms with Crippen molar-refractivity contribution in [2.45, 2.75) is 0 Å². The largest absolute Gasteiger partial charge is 0.309 e. The molecule has 0 fully saturated rings. The van der Waals surface area contributed by atoms with Crippen LogP contribution in [0.2, 0.25) is 0 Å². The van der Waals surface area contributed by atoms with E-state index in [0.717, 1.165) is 33.4 Å². The monoisotopic (exact) mass is 634 g/mol. The van der Waals surface area contributed by atoms with Gasteiger partial charge < -0.3 is 4.57 Å². The number of fused-ring (bicyclic) bond motifs is 3. The third-order valence-corrected chi connectivity index (χ3v) is 8.54. The fraction of sp³-hybridized carbons (Fsp3) is 0. The molecule has 2 aromatic heterocycles. The third kappa shape index (κ3) is 5.26. The van der Waals surface area contributed by atoms with E-state index in [9.17, 15) is 0 Å². The highest BCUT2D eigenvalue weighted by Crippen LogP contribution is 2.38. The van der Waals surface area contributed by atoms with Crippen molar-refractivity contribution in [3.05, 3.63) is 182 Å². The highest BCUT2D eigenvalue weighted by Gasteiger charge is 2.20. The lowest BCUT2D eigenvalue weighted by Crippen LogP contribution is -2.04. The van der Waals surface area contributed by atoms with Crippen molar-refractivity contribution >= 4 is 21.8 Å². The molecule has 9 rings (SSSR count). The Kier molecular flexibility index (Phi) is 5.29. The summed E-state index contributed by atoms with van der Waals surface area (Å²) >= 11 is 0. The van der Waals surface area contributed by atoms with Crippen molar-refractivity contribution in [2.75, 3.05) is 0 Å². The van der Waals surface area contributed by atoms with Gasteiger partial charge in [0.15, 0.2) is 17.5 Å². The van der Waals surface area contributed by atoms with E-state index in [0.29, 0.717) is 22.9 Å². The molecule has 4 nitrogen and oxygen atoms in total. The average Bonchev–Trinajstić information content (AvgIpc) is 3.63. The molecule has 2 heterocycles. The molecule has 9 aromatic rings. The van der Waals surface area contributed by atoms with Gasteiger partial charge in [0.25, 0.3) is 0 Å². The molecule has 0 amide bonds. The minimum Gasteiger partial charge on any atom is -0.309 e. The molecule has 0 saturated carbocycles. The van der Waals surface area contributed by atoms with E-state index < -0.39 is 48.3 Å². The number of hydrogen-bond donors (Lipinski definition) is 0. The molecular weight excluding hydrogens is 597 g/mol. The van der Waals surface area contributed by atoms with Crippen LogP contribution in [0.1, 0.15) is 11.0 Å². The van der Waals surface area contributed by atoms with E-state index in [1.54, 1.807) is 6.07 Å². The van der Waals surface area contributed by atoms with E-state index in [1.807, 2.05) is 127 Å². The molecule has 0 bridgehead atoms. The molecule has 7 aromatic carbocycles. The quantitative estimate of drug-likeness (QED) is 0.183. The molecule has 49 heavy (non-hydrogen) atoms. The van der Waals surface area contributed by atoms with Crippen molar-refractivity contribution in [3.63, 3.8) is 0 Å². The van der Waals surface area contributed by atoms with Crippen LogP contribution in [-0.2, 0) is 0 Å². The Hall–Kier alpha value is -6.65. The van der Waals surface area contributed by atoms with Crippen LogP contribution in [0.25, 0.3) is 83.9 Å². The Bertz CT molecular complexity index is 2950.